The number of benzene rings is 1. The van der Waals surface area contributed by atoms with Crippen LogP contribution >= 0.6 is 0 Å². The molecule has 0 aliphatic carbocycles. The van der Waals surface area contributed by atoms with E-state index in [0.29, 0.717) is 12.8 Å². The van der Waals surface area contributed by atoms with Crippen molar-refractivity contribution in [1.29, 1.82) is 0 Å². The van der Waals surface area contributed by atoms with E-state index < -0.39 is 12.1 Å². The van der Waals surface area contributed by atoms with Gasteiger partial charge in [-0.2, -0.15) is 0 Å². The molecule has 1 rings (SSSR count). The first-order valence-electron chi connectivity index (χ1n) is 6.74. The van der Waals surface area contributed by atoms with Crippen LogP contribution in [0, 0.1) is 0 Å². The highest BCUT2D eigenvalue weighted by Crippen LogP contribution is 2.11. The molecule has 2 atom stereocenters. The number of aliphatic hydroxyl groups is 1. The lowest BCUT2D eigenvalue weighted by Crippen LogP contribution is -2.39. The third kappa shape index (κ3) is 6.36. The minimum absolute atomic E-state index is 0.00669. The first-order chi connectivity index (χ1) is 9.13. The number of carboxylic acid groups (broad SMARTS) is 1. The van der Waals surface area contributed by atoms with Crippen LogP contribution in [0.3, 0.4) is 0 Å². The monoisotopic (exact) mass is 265 g/mol. The summed E-state index contributed by atoms with van der Waals surface area (Å²) in [6, 6.07) is 10.0. The number of carbonyl (C=O) groups is 1. The van der Waals surface area contributed by atoms with Crippen LogP contribution in [-0.4, -0.2) is 35.4 Å². The molecule has 0 spiro atoms. The van der Waals surface area contributed by atoms with E-state index in [1.54, 1.807) is 0 Å². The minimum Gasteiger partial charge on any atom is -0.481 e. The van der Waals surface area contributed by atoms with Crippen LogP contribution in [-0.2, 0) is 11.2 Å². The third-order valence-corrected chi connectivity index (χ3v) is 3.27. The molecule has 3 N–H and O–H groups in total. The molecule has 0 aliphatic heterocycles. The summed E-state index contributed by atoms with van der Waals surface area (Å²) in [5.41, 5.74) is 1.19. The number of aliphatic hydroxyl groups excluding tert-OH is 1. The summed E-state index contributed by atoms with van der Waals surface area (Å²) in [5, 5.41) is 21.8. The molecule has 0 aromatic heterocycles. The van der Waals surface area contributed by atoms with Crippen LogP contribution in [0.4, 0.5) is 0 Å². The summed E-state index contributed by atoms with van der Waals surface area (Å²) in [4.78, 5) is 10.4. The second-order valence-corrected chi connectivity index (χ2v) is 4.79. The Hall–Kier alpha value is -1.39. The first-order valence-corrected chi connectivity index (χ1v) is 6.74. The van der Waals surface area contributed by atoms with Gasteiger partial charge in [-0.1, -0.05) is 36.8 Å². The van der Waals surface area contributed by atoms with Crippen molar-refractivity contribution in [3.63, 3.8) is 0 Å². The van der Waals surface area contributed by atoms with Crippen molar-refractivity contribution in [1.82, 2.24) is 5.32 Å². The van der Waals surface area contributed by atoms with Crippen LogP contribution in [0.25, 0.3) is 0 Å². The van der Waals surface area contributed by atoms with E-state index in [9.17, 15) is 9.90 Å². The Morgan fingerprint density at radius 3 is 2.53 bits per heavy atom. The standard InChI is InChI=1S/C15H23NO3/c1-16-13(11-12-7-3-2-4-8-12)14(17)9-5-6-10-15(18)19/h2-4,7-8,13-14,16-17H,5-6,9-11H2,1H3,(H,18,19). The fraction of sp³-hybridized carbons (Fsp3) is 0.533. The predicted molar refractivity (Wildman–Crippen MR) is 75.1 cm³/mol. The van der Waals surface area contributed by atoms with Gasteiger partial charge < -0.3 is 15.5 Å². The number of nitrogens with one attached hydrogen (secondary N) is 1. The third-order valence-electron chi connectivity index (χ3n) is 3.27. The fourth-order valence-electron chi connectivity index (χ4n) is 2.13. The van der Waals surface area contributed by atoms with Gasteiger partial charge in [-0.05, 0) is 31.9 Å². The predicted octanol–water partition coefficient (Wildman–Crippen LogP) is 1.82. The van der Waals surface area contributed by atoms with Crippen molar-refractivity contribution < 1.29 is 15.0 Å². The Bertz CT molecular complexity index is 367. The number of hydrogen-bond donors (Lipinski definition) is 3. The van der Waals surface area contributed by atoms with E-state index in [-0.39, 0.29) is 12.5 Å². The number of unbranched alkanes of at least 4 members (excludes halogenated alkanes) is 1. The summed E-state index contributed by atoms with van der Waals surface area (Å²) in [6.45, 7) is 0. The van der Waals surface area contributed by atoms with Crippen LogP contribution in [0.5, 0.6) is 0 Å². The average Bonchev–Trinajstić information content (AvgIpc) is 2.41. The topological polar surface area (TPSA) is 69.6 Å². The lowest BCUT2D eigenvalue weighted by Gasteiger charge is -2.22. The normalized spacial score (nSPS) is 14.0. The zero-order valence-electron chi connectivity index (χ0n) is 11.4. The van der Waals surface area contributed by atoms with Gasteiger partial charge in [0.15, 0.2) is 0 Å². The fourth-order valence-corrected chi connectivity index (χ4v) is 2.13. The second kappa shape index (κ2) is 8.67. The molecule has 0 bridgehead atoms. The SMILES string of the molecule is CNC(Cc1ccccc1)C(O)CCCCC(=O)O. The number of hydrogen-bond acceptors (Lipinski definition) is 3. The van der Waals surface area contributed by atoms with Crippen LogP contribution in [0.2, 0.25) is 0 Å². The van der Waals surface area contributed by atoms with Crippen LogP contribution in [0.15, 0.2) is 30.3 Å². The van der Waals surface area contributed by atoms with E-state index in [4.69, 9.17) is 5.11 Å². The molecular weight excluding hydrogens is 242 g/mol. The maximum absolute atomic E-state index is 10.4. The minimum atomic E-state index is -0.774. The molecule has 2 unspecified atom stereocenters. The Kier molecular flexibility index (Phi) is 7.15. The van der Waals surface area contributed by atoms with Gasteiger partial charge in [0.25, 0.3) is 0 Å². The largest absolute Gasteiger partial charge is 0.481 e. The van der Waals surface area contributed by atoms with Gasteiger partial charge >= 0.3 is 5.97 Å². The quantitative estimate of drug-likeness (QED) is 0.596. The van der Waals surface area contributed by atoms with E-state index in [0.717, 1.165) is 12.8 Å². The van der Waals surface area contributed by atoms with Crippen molar-refractivity contribution >= 4 is 5.97 Å². The van der Waals surface area contributed by atoms with Crippen molar-refractivity contribution in [2.45, 2.75) is 44.2 Å². The van der Waals surface area contributed by atoms with Gasteiger partial charge in [-0.3, -0.25) is 4.79 Å². The number of likely N-dealkylation sites (N-methyl/N-ethyl adjacent to an activating group) is 1. The Balaban J connectivity index is 2.35. The Morgan fingerprint density at radius 1 is 1.26 bits per heavy atom. The average molecular weight is 265 g/mol. The highest BCUT2D eigenvalue weighted by atomic mass is 16.4. The molecule has 4 nitrogen and oxygen atoms in total. The van der Waals surface area contributed by atoms with Crippen molar-refractivity contribution in [3.8, 4) is 0 Å². The number of aliphatic carboxylic acids is 1. The smallest absolute Gasteiger partial charge is 0.303 e. The molecule has 1 aromatic carbocycles. The Labute approximate surface area is 114 Å². The summed E-state index contributed by atoms with van der Waals surface area (Å²) < 4.78 is 0. The van der Waals surface area contributed by atoms with Gasteiger partial charge in [0, 0.05) is 12.5 Å². The lowest BCUT2D eigenvalue weighted by atomic mass is 9.97. The molecule has 0 saturated heterocycles. The van der Waals surface area contributed by atoms with Gasteiger partial charge in [0.2, 0.25) is 0 Å². The van der Waals surface area contributed by atoms with Crippen LogP contribution < -0.4 is 5.32 Å². The molecule has 0 heterocycles. The molecule has 0 fully saturated rings. The van der Waals surface area contributed by atoms with Gasteiger partial charge in [-0.15, -0.1) is 0 Å². The van der Waals surface area contributed by atoms with E-state index in [1.807, 2.05) is 37.4 Å². The highest BCUT2D eigenvalue weighted by molar-refractivity contribution is 5.66. The van der Waals surface area contributed by atoms with Crippen molar-refractivity contribution in [2.75, 3.05) is 7.05 Å². The molecule has 0 amide bonds. The van der Waals surface area contributed by atoms with Crippen molar-refractivity contribution in [3.05, 3.63) is 35.9 Å². The maximum atomic E-state index is 10.4. The molecule has 0 aliphatic rings. The maximum Gasteiger partial charge on any atom is 0.303 e. The first kappa shape index (κ1) is 15.7. The summed E-state index contributed by atoms with van der Waals surface area (Å²) >= 11 is 0. The van der Waals surface area contributed by atoms with Gasteiger partial charge in [-0.25, -0.2) is 0 Å². The Morgan fingerprint density at radius 2 is 1.95 bits per heavy atom. The molecule has 0 saturated carbocycles. The zero-order valence-corrected chi connectivity index (χ0v) is 11.4. The van der Waals surface area contributed by atoms with E-state index >= 15 is 0 Å². The van der Waals surface area contributed by atoms with Gasteiger partial charge in [0.1, 0.15) is 0 Å². The summed E-state index contributed by atoms with van der Waals surface area (Å²) in [6.07, 6.45) is 2.49. The highest BCUT2D eigenvalue weighted by Gasteiger charge is 2.17. The molecule has 0 radical (unpaired) electrons. The molecule has 4 heteroatoms. The number of rotatable bonds is 9. The van der Waals surface area contributed by atoms with E-state index in [1.165, 1.54) is 5.56 Å². The lowest BCUT2D eigenvalue weighted by molar-refractivity contribution is -0.137. The number of carboxylic acids is 1. The molecule has 106 valence electrons. The summed E-state index contributed by atoms with van der Waals surface area (Å²) in [5.74, 6) is -0.774. The van der Waals surface area contributed by atoms with Gasteiger partial charge in [0.05, 0.1) is 6.10 Å². The molecule has 19 heavy (non-hydrogen) atoms. The molecule has 1 aromatic rings. The van der Waals surface area contributed by atoms with Crippen LogP contribution in [0.1, 0.15) is 31.2 Å². The zero-order chi connectivity index (χ0) is 14.1. The molecular formula is C15H23NO3. The van der Waals surface area contributed by atoms with E-state index in [2.05, 4.69) is 5.32 Å². The summed E-state index contributed by atoms with van der Waals surface area (Å²) in [7, 11) is 1.84. The van der Waals surface area contributed by atoms with Crippen molar-refractivity contribution in [2.24, 2.45) is 0 Å². The second-order valence-electron chi connectivity index (χ2n) is 4.79.